The Hall–Kier alpha value is -1.69. The molecule has 0 aromatic heterocycles. The highest BCUT2D eigenvalue weighted by Crippen LogP contribution is 2.10. The topological polar surface area (TPSA) is 53.2 Å². The molecule has 0 spiro atoms. The van der Waals surface area contributed by atoms with Gasteiger partial charge in [0.2, 0.25) is 0 Å². The van der Waals surface area contributed by atoms with Crippen LogP contribution in [0.25, 0.3) is 0 Å². The van der Waals surface area contributed by atoms with Gasteiger partial charge in [-0.25, -0.2) is 13.6 Å². The van der Waals surface area contributed by atoms with E-state index >= 15 is 0 Å². The Bertz CT molecular complexity index is 462. The molecule has 1 aromatic carbocycles. The largest absolute Gasteiger partial charge is 0.338 e. The number of benzene rings is 1. The zero-order valence-corrected chi connectivity index (χ0v) is 11.2. The van der Waals surface area contributed by atoms with Gasteiger partial charge in [-0.2, -0.15) is 0 Å². The van der Waals surface area contributed by atoms with Crippen molar-refractivity contribution < 1.29 is 13.6 Å². The number of nitrogens with one attached hydrogen (secondary N) is 3. The molecule has 0 radical (unpaired) electrons. The van der Waals surface area contributed by atoms with Crippen LogP contribution in [-0.2, 0) is 6.54 Å². The highest BCUT2D eigenvalue weighted by molar-refractivity contribution is 5.73. The number of hydrogen-bond donors (Lipinski definition) is 3. The predicted octanol–water partition coefficient (Wildman–Crippen LogP) is 1.91. The van der Waals surface area contributed by atoms with Gasteiger partial charge in [-0.1, -0.05) is 12.1 Å². The van der Waals surface area contributed by atoms with Crippen molar-refractivity contribution in [1.82, 2.24) is 16.0 Å². The second kappa shape index (κ2) is 7.19. The average molecular weight is 283 g/mol. The van der Waals surface area contributed by atoms with E-state index < -0.39 is 11.6 Å². The number of halogens is 2. The van der Waals surface area contributed by atoms with E-state index in [2.05, 4.69) is 16.0 Å². The fourth-order valence-corrected chi connectivity index (χ4v) is 2.29. The molecule has 1 heterocycles. The zero-order valence-electron chi connectivity index (χ0n) is 11.2. The number of carbonyl (C=O) groups excluding carboxylic acids is 1. The van der Waals surface area contributed by atoms with Gasteiger partial charge in [0.1, 0.15) is 0 Å². The molecule has 0 bridgehead atoms. The van der Waals surface area contributed by atoms with Crippen molar-refractivity contribution in [3.8, 4) is 0 Å². The van der Waals surface area contributed by atoms with Gasteiger partial charge in [0, 0.05) is 24.7 Å². The van der Waals surface area contributed by atoms with Gasteiger partial charge in [-0.3, -0.25) is 0 Å². The molecular formula is C14H19F2N3O. The minimum atomic E-state index is -0.914. The van der Waals surface area contributed by atoms with Crippen LogP contribution in [-0.4, -0.2) is 25.2 Å². The monoisotopic (exact) mass is 283 g/mol. The first-order chi connectivity index (χ1) is 9.66. The molecule has 20 heavy (non-hydrogen) atoms. The van der Waals surface area contributed by atoms with Crippen LogP contribution in [0.4, 0.5) is 13.6 Å². The quantitative estimate of drug-likeness (QED) is 0.773. The summed E-state index contributed by atoms with van der Waals surface area (Å²) in [5.41, 5.74) is 0.137. The molecular weight excluding hydrogens is 264 g/mol. The Labute approximate surface area is 116 Å². The lowest BCUT2D eigenvalue weighted by Gasteiger charge is -2.11. The first-order valence-corrected chi connectivity index (χ1v) is 6.85. The molecule has 4 nitrogen and oxygen atoms in total. The summed E-state index contributed by atoms with van der Waals surface area (Å²) in [4.78, 5) is 11.5. The van der Waals surface area contributed by atoms with Gasteiger partial charge >= 0.3 is 6.03 Å². The summed E-state index contributed by atoms with van der Waals surface area (Å²) >= 11 is 0. The summed E-state index contributed by atoms with van der Waals surface area (Å²) in [6.45, 7) is 1.57. The van der Waals surface area contributed by atoms with Gasteiger partial charge in [0.15, 0.2) is 11.6 Å². The van der Waals surface area contributed by atoms with Gasteiger partial charge < -0.3 is 16.0 Å². The lowest BCUT2D eigenvalue weighted by atomic mass is 10.1. The van der Waals surface area contributed by atoms with Gasteiger partial charge in [0.05, 0.1) is 0 Å². The Morgan fingerprint density at radius 2 is 2.20 bits per heavy atom. The lowest BCUT2D eigenvalue weighted by Crippen LogP contribution is -2.37. The van der Waals surface area contributed by atoms with E-state index in [1.165, 1.54) is 18.6 Å². The zero-order chi connectivity index (χ0) is 14.4. The smallest absolute Gasteiger partial charge is 0.315 e. The van der Waals surface area contributed by atoms with E-state index in [-0.39, 0.29) is 18.1 Å². The van der Waals surface area contributed by atoms with Crippen LogP contribution in [0.2, 0.25) is 0 Å². The first-order valence-electron chi connectivity index (χ1n) is 6.85. The summed E-state index contributed by atoms with van der Waals surface area (Å²) in [6, 6.07) is 4.01. The van der Waals surface area contributed by atoms with Crippen LogP contribution in [0.1, 0.15) is 24.8 Å². The average Bonchev–Trinajstić information content (AvgIpc) is 2.94. The third-order valence-electron chi connectivity index (χ3n) is 3.41. The molecule has 2 rings (SSSR count). The minimum absolute atomic E-state index is 0.0306. The normalized spacial score (nSPS) is 18.0. The Kier molecular flexibility index (Phi) is 5.29. The lowest BCUT2D eigenvalue weighted by molar-refractivity contribution is 0.240. The second-order valence-corrected chi connectivity index (χ2v) is 4.90. The Morgan fingerprint density at radius 3 is 2.95 bits per heavy atom. The minimum Gasteiger partial charge on any atom is -0.338 e. The van der Waals surface area contributed by atoms with Crippen molar-refractivity contribution >= 4 is 6.03 Å². The number of carbonyl (C=O) groups is 1. The maximum absolute atomic E-state index is 13.4. The van der Waals surface area contributed by atoms with Gasteiger partial charge in [-0.05, 0) is 31.9 Å². The molecule has 110 valence electrons. The molecule has 1 aromatic rings. The molecule has 6 heteroatoms. The van der Waals surface area contributed by atoms with Crippen molar-refractivity contribution in [3.63, 3.8) is 0 Å². The van der Waals surface area contributed by atoms with Crippen LogP contribution < -0.4 is 16.0 Å². The van der Waals surface area contributed by atoms with E-state index in [9.17, 15) is 13.6 Å². The van der Waals surface area contributed by atoms with Crippen molar-refractivity contribution in [3.05, 3.63) is 35.4 Å². The predicted molar refractivity (Wildman–Crippen MR) is 72.2 cm³/mol. The molecule has 3 N–H and O–H groups in total. The van der Waals surface area contributed by atoms with Crippen LogP contribution in [0.5, 0.6) is 0 Å². The third kappa shape index (κ3) is 4.16. The summed E-state index contributed by atoms with van der Waals surface area (Å²) < 4.78 is 26.3. The molecule has 2 amide bonds. The second-order valence-electron chi connectivity index (χ2n) is 4.90. The molecule has 1 aliphatic rings. The summed E-state index contributed by atoms with van der Waals surface area (Å²) in [6.07, 6.45) is 3.19. The van der Waals surface area contributed by atoms with Crippen LogP contribution in [0, 0.1) is 11.6 Å². The van der Waals surface area contributed by atoms with E-state index in [4.69, 9.17) is 0 Å². The van der Waals surface area contributed by atoms with E-state index in [0.29, 0.717) is 12.6 Å². The summed E-state index contributed by atoms with van der Waals surface area (Å²) in [5.74, 6) is -1.82. The van der Waals surface area contributed by atoms with Gasteiger partial charge in [0.25, 0.3) is 0 Å². The molecule has 0 saturated carbocycles. The molecule has 1 aliphatic heterocycles. The summed E-state index contributed by atoms with van der Waals surface area (Å²) in [7, 11) is 0. The highest BCUT2D eigenvalue weighted by atomic mass is 19.2. The Morgan fingerprint density at radius 1 is 1.35 bits per heavy atom. The third-order valence-corrected chi connectivity index (χ3v) is 3.41. The van der Waals surface area contributed by atoms with E-state index in [1.54, 1.807) is 0 Å². The van der Waals surface area contributed by atoms with Crippen LogP contribution >= 0.6 is 0 Å². The molecule has 0 unspecified atom stereocenters. The number of rotatable bonds is 5. The molecule has 1 fully saturated rings. The fourth-order valence-electron chi connectivity index (χ4n) is 2.29. The maximum Gasteiger partial charge on any atom is 0.315 e. The number of amides is 2. The van der Waals surface area contributed by atoms with Crippen molar-refractivity contribution in [1.29, 1.82) is 0 Å². The van der Waals surface area contributed by atoms with Crippen LogP contribution in [0.15, 0.2) is 18.2 Å². The van der Waals surface area contributed by atoms with Crippen LogP contribution in [0.3, 0.4) is 0 Å². The number of hydrogen-bond acceptors (Lipinski definition) is 2. The Balaban J connectivity index is 1.68. The molecule has 0 aliphatic carbocycles. The van der Waals surface area contributed by atoms with Gasteiger partial charge in [-0.15, -0.1) is 0 Å². The van der Waals surface area contributed by atoms with E-state index in [0.717, 1.165) is 25.5 Å². The summed E-state index contributed by atoms with van der Waals surface area (Å²) in [5, 5.41) is 8.56. The molecule has 1 saturated heterocycles. The van der Waals surface area contributed by atoms with Crippen molar-refractivity contribution in [2.45, 2.75) is 31.8 Å². The first kappa shape index (κ1) is 14.7. The van der Waals surface area contributed by atoms with E-state index in [1.807, 2.05) is 0 Å². The highest BCUT2D eigenvalue weighted by Gasteiger charge is 2.13. The fraction of sp³-hybridized carbons (Fsp3) is 0.500. The standard InChI is InChI=1S/C14H19F2N3O/c15-12-5-1-3-10(13(12)16)9-19-14(20)18-8-6-11-4-2-7-17-11/h1,3,5,11,17H,2,4,6-9H2,(H2,18,19,20)/t11-/m0/s1. The van der Waals surface area contributed by atoms with Crippen molar-refractivity contribution in [2.75, 3.05) is 13.1 Å². The van der Waals surface area contributed by atoms with Crippen molar-refractivity contribution in [2.24, 2.45) is 0 Å². The maximum atomic E-state index is 13.4. The molecule has 1 atom stereocenters. The number of urea groups is 1. The SMILES string of the molecule is O=C(NCC[C@@H]1CCCN1)NCc1cccc(F)c1F.